The van der Waals surface area contributed by atoms with Gasteiger partial charge in [-0.05, 0) is 25.1 Å². The molecule has 2 amide bonds. The number of aromatic nitrogens is 1. The van der Waals surface area contributed by atoms with Crippen molar-refractivity contribution in [2.24, 2.45) is 0 Å². The van der Waals surface area contributed by atoms with E-state index in [-0.39, 0.29) is 17.2 Å². The molecule has 0 aliphatic rings. The second kappa shape index (κ2) is 9.97. The molecule has 0 bridgehead atoms. The van der Waals surface area contributed by atoms with Gasteiger partial charge in [0.25, 0.3) is 5.91 Å². The minimum absolute atomic E-state index is 0.112. The summed E-state index contributed by atoms with van der Waals surface area (Å²) in [4.78, 5) is 28.9. The van der Waals surface area contributed by atoms with Crippen LogP contribution in [0.1, 0.15) is 22.8 Å². The number of hydrogen-bond acceptors (Lipinski definition) is 5. The number of nitrogens with zero attached hydrogens (tertiary/aromatic N) is 1. The number of halogens is 3. The third-order valence-corrected chi connectivity index (χ3v) is 6.15. The average Bonchev–Trinajstić information content (AvgIpc) is 3.15. The summed E-state index contributed by atoms with van der Waals surface area (Å²) in [6.45, 7) is 2.34. The summed E-state index contributed by atoms with van der Waals surface area (Å²) < 4.78 is 39.5. The predicted molar refractivity (Wildman–Crippen MR) is 116 cm³/mol. The fraction of sp³-hybridized carbons (Fsp3) is 0.190. The summed E-state index contributed by atoms with van der Waals surface area (Å²) in [7, 11) is 0. The molecule has 5 nitrogen and oxygen atoms in total. The number of amides is 2. The van der Waals surface area contributed by atoms with Crippen LogP contribution in [0.5, 0.6) is 0 Å². The molecule has 0 fully saturated rings. The first-order chi connectivity index (χ1) is 14.8. The molecule has 0 saturated heterocycles. The van der Waals surface area contributed by atoms with Gasteiger partial charge in [-0.15, -0.1) is 0 Å². The Labute approximate surface area is 185 Å². The Balaban J connectivity index is 1.87. The summed E-state index contributed by atoms with van der Waals surface area (Å²) in [5, 5.41) is 5.76. The van der Waals surface area contributed by atoms with E-state index < -0.39 is 17.6 Å². The van der Waals surface area contributed by atoms with Gasteiger partial charge < -0.3 is 10.6 Å². The van der Waals surface area contributed by atoms with Gasteiger partial charge in [0, 0.05) is 17.7 Å². The quantitative estimate of drug-likeness (QED) is 0.464. The highest BCUT2D eigenvalue weighted by atomic mass is 32.2. The van der Waals surface area contributed by atoms with Gasteiger partial charge in [0.05, 0.1) is 11.3 Å². The fourth-order valence-electron chi connectivity index (χ4n) is 2.63. The maximum absolute atomic E-state index is 13.0. The highest BCUT2D eigenvalue weighted by Crippen LogP contribution is 2.38. The molecule has 0 saturated carbocycles. The number of thioether (sulfide) groups is 1. The van der Waals surface area contributed by atoms with Crippen molar-refractivity contribution in [1.82, 2.24) is 10.3 Å². The van der Waals surface area contributed by atoms with E-state index in [1.165, 1.54) is 23.9 Å². The van der Waals surface area contributed by atoms with Crippen molar-refractivity contribution in [3.63, 3.8) is 0 Å². The van der Waals surface area contributed by atoms with Crippen LogP contribution in [0.15, 0.2) is 58.9 Å². The Kier molecular flexibility index (Phi) is 7.34. The van der Waals surface area contributed by atoms with Crippen LogP contribution in [0.2, 0.25) is 0 Å². The molecule has 3 rings (SSSR count). The van der Waals surface area contributed by atoms with Crippen molar-refractivity contribution in [1.29, 1.82) is 0 Å². The zero-order chi connectivity index (χ0) is 22.4. The Hall–Kier alpha value is -2.85. The molecule has 162 valence electrons. The van der Waals surface area contributed by atoms with Crippen LogP contribution in [-0.4, -0.2) is 29.1 Å². The van der Waals surface area contributed by atoms with Crippen molar-refractivity contribution in [2.45, 2.75) is 17.4 Å². The molecule has 0 aliphatic carbocycles. The number of carbonyl (C=O) groups is 2. The van der Waals surface area contributed by atoms with E-state index in [0.29, 0.717) is 21.6 Å². The molecule has 0 aliphatic heterocycles. The number of hydrogen-bond donors (Lipinski definition) is 2. The summed E-state index contributed by atoms with van der Waals surface area (Å²) in [5.74, 6) is -0.651. The normalized spacial score (nSPS) is 11.2. The van der Waals surface area contributed by atoms with E-state index in [1.54, 1.807) is 0 Å². The van der Waals surface area contributed by atoms with Gasteiger partial charge in [0.1, 0.15) is 10.7 Å². The molecule has 10 heteroatoms. The van der Waals surface area contributed by atoms with Crippen LogP contribution >= 0.6 is 23.1 Å². The molecular weight excluding hydrogens is 447 g/mol. The van der Waals surface area contributed by atoms with Crippen molar-refractivity contribution in [2.75, 3.05) is 17.6 Å². The van der Waals surface area contributed by atoms with Gasteiger partial charge in [-0.3, -0.25) is 9.59 Å². The van der Waals surface area contributed by atoms with Crippen molar-refractivity contribution >= 4 is 39.9 Å². The van der Waals surface area contributed by atoms with Crippen LogP contribution in [0, 0.1) is 0 Å². The molecule has 0 unspecified atom stereocenters. The van der Waals surface area contributed by atoms with Gasteiger partial charge in [0.2, 0.25) is 5.91 Å². The van der Waals surface area contributed by atoms with Gasteiger partial charge >= 0.3 is 6.18 Å². The number of rotatable bonds is 7. The lowest BCUT2D eigenvalue weighted by Crippen LogP contribution is -2.24. The maximum Gasteiger partial charge on any atom is 0.416 e. The number of alkyl halides is 3. The molecule has 0 spiro atoms. The summed E-state index contributed by atoms with van der Waals surface area (Å²) in [6.07, 6.45) is -4.54. The second-order valence-electron chi connectivity index (χ2n) is 6.30. The second-order valence-corrected chi connectivity index (χ2v) is 8.52. The number of thiazole rings is 1. The molecule has 2 N–H and O–H groups in total. The van der Waals surface area contributed by atoms with E-state index in [4.69, 9.17) is 0 Å². The zero-order valence-corrected chi connectivity index (χ0v) is 18.0. The van der Waals surface area contributed by atoms with E-state index in [1.807, 2.05) is 37.3 Å². The van der Waals surface area contributed by atoms with E-state index in [2.05, 4.69) is 15.6 Å². The van der Waals surface area contributed by atoms with E-state index in [9.17, 15) is 22.8 Å². The lowest BCUT2D eigenvalue weighted by molar-refractivity contribution is -0.137. The maximum atomic E-state index is 13.0. The van der Waals surface area contributed by atoms with E-state index in [0.717, 1.165) is 29.0 Å². The average molecular weight is 466 g/mol. The van der Waals surface area contributed by atoms with Crippen LogP contribution in [0.25, 0.3) is 11.3 Å². The minimum Gasteiger partial charge on any atom is -0.356 e. The van der Waals surface area contributed by atoms with Crippen LogP contribution in [0.4, 0.5) is 18.2 Å². The lowest BCUT2D eigenvalue weighted by Gasteiger charge is -2.09. The molecule has 31 heavy (non-hydrogen) atoms. The molecule has 1 heterocycles. The first-order valence-corrected chi connectivity index (χ1v) is 11.0. The number of nitrogens with one attached hydrogen (secondary N) is 2. The first-order valence-electron chi connectivity index (χ1n) is 9.22. The predicted octanol–water partition coefficient (Wildman–Crippen LogP) is 5.31. The molecule has 0 atom stereocenters. The highest BCUT2D eigenvalue weighted by Gasteiger charge is 2.31. The third kappa shape index (κ3) is 6.08. The third-order valence-electron chi connectivity index (χ3n) is 4.03. The molecule has 2 aromatic carbocycles. The standard InChI is InChI=1S/C21H18F3N3O2S2/c1-2-25-16(28)12-30-20-26-17(13-7-4-3-5-8-13)19(31-20)27-18(29)14-9-6-10-15(11-14)21(22,23)24/h3-11H,2,12H2,1H3,(H,25,28)(H,27,29). The van der Waals surface area contributed by atoms with Gasteiger partial charge in [0.15, 0.2) is 4.34 Å². The fourth-order valence-corrected chi connectivity index (χ4v) is 4.52. The topological polar surface area (TPSA) is 71.1 Å². The Morgan fingerprint density at radius 1 is 1.10 bits per heavy atom. The largest absolute Gasteiger partial charge is 0.416 e. The summed E-state index contributed by atoms with van der Waals surface area (Å²) in [6, 6.07) is 13.3. The SMILES string of the molecule is CCNC(=O)CSc1nc(-c2ccccc2)c(NC(=O)c2cccc(C(F)(F)F)c2)s1. The van der Waals surface area contributed by atoms with Crippen LogP contribution < -0.4 is 10.6 Å². The van der Waals surface area contributed by atoms with E-state index >= 15 is 0 Å². The van der Waals surface area contributed by atoms with Gasteiger partial charge in [-0.25, -0.2) is 4.98 Å². The summed E-state index contributed by atoms with van der Waals surface area (Å²) in [5.41, 5.74) is 0.219. The van der Waals surface area contributed by atoms with Crippen LogP contribution in [0.3, 0.4) is 0 Å². The number of benzene rings is 2. The number of carbonyl (C=O) groups excluding carboxylic acids is 2. The van der Waals surface area contributed by atoms with Crippen molar-refractivity contribution in [3.8, 4) is 11.3 Å². The zero-order valence-electron chi connectivity index (χ0n) is 16.3. The summed E-state index contributed by atoms with van der Waals surface area (Å²) >= 11 is 2.39. The Morgan fingerprint density at radius 3 is 2.52 bits per heavy atom. The van der Waals surface area contributed by atoms with Gasteiger partial charge in [-0.2, -0.15) is 13.2 Å². The molecule has 1 aromatic heterocycles. The van der Waals surface area contributed by atoms with Crippen molar-refractivity contribution < 1.29 is 22.8 Å². The van der Waals surface area contributed by atoms with Crippen molar-refractivity contribution in [3.05, 3.63) is 65.7 Å². The van der Waals surface area contributed by atoms with Gasteiger partial charge in [-0.1, -0.05) is 59.5 Å². The Morgan fingerprint density at radius 2 is 1.84 bits per heavy atom. The lowest BCUT2D eigenvalue weighted by atomic mass is 10.1. The first kappa shape index (κ1) is 22.8. The number of anilines is 1. The highest BCUT2D eigenvalue weighted by molar-refractivity contribution is 8.01. The molecular formula is C21H18F3N3O2S2. The Bertz CT molecular complexity index is 1070. The smallest absolute Gasteiger partial charge is 0.356 e. The molecule has 0 radical (unpaired) electrons. The minimum atomic E-state index is -4.54. The monoisotopic (exact) mass is 465 g/mol. The molecule has 3 aromatic rings. The van der Waals surface area contributed by atoms with Crippen LogP contribution in [-0.2, 0) is 11.0 Å².